The molecule has 0 fully saturated rings. The van der Waals surface area contributed by atoms with Gasteiger partial charge in [0, 0.05) is 16.2 Å². The second kappa shape index (κ2) is 6.13. The molecular formula is C14H19ClN2O3. The number of amides is 1. The Labute approximate surface area is 123 Å². The summed E-state index contributed by atoms with van der Waals surface area (Å²) in [7, 11) is 0. The highest BCUT2D eigenvalue weighted by atomic mass is 35.5. The predicted molar refractivity (Wildman–Crippen MR) is 78.6 cm³/mol. The molecule has 0 heterocycles. The Morgan fingerprint density at radius 1 is 1.35 bits per heavy atom. The van der Waals surface area contributed by atoms with E-state index in [1.807, 2.05) is 20.8 Å². The van der Waals surface area contributed by atoms with Crippen molar-refractivity contribution in [3.8, 4) is 0 Å². The molecule has 0 radical (unpaired) electrons. The van der Waals surface area contributed by atoms with Gasteiger partial charge >= 0.3 is 5.97 Å². The molecule has 1 aromatic rings. The molecule has 1 atom stereocenters. The van der Waals surface area contributed by atoms with E-state index in [1.54, 1.807) is 6.07 Å². The van der Waals surface area contributed by atoms with Gasteiger partial charge in [0.15, 0.2) is 6.10 Å². The molecule has 5 nitrogen and oxygen atoms in total. The van der Waals surface area contributed by atoms with Crippen LogP contribution in [0.15, 0.2) is 18.2 Å². The predicted octanol–water partition coefficient (Wildman–Crippen LogP) is 2.38. The van der Waals surface area contributed by atoms with Crippen LogP contribution < -0.4 is 11.1 Å². The van der Waals surface area contributed by atoms with Gasteiger partial charge in [0.1, 0.15) is 0 Å². The van der Waals surface area contributed by atoms with Crippen LogP contribution in [0.4, 0.5) is 5.69 Å². The average molecular weight is 299 g/mol. The van der Waals surface area contributed by atoms with Crippen molar-refractivity contribution in [3.63, 3.8) is 0 Å². The van der Waals surface area contributed by atoms with E-state index in [9.17, 15) is 9.59 Å². The summed E-state index contributed by atoms with van der Waals surface area (Å²) in [5.74, 6) is -1.05. The number of carbonyl (C=O) groups is 2. The number of halogens is 1. The SMILES string of the molecule is CC(OC(=O)c1cc(Cl)ccc1N)C(=O)NC(C)(C)C. The fourth-order valence-electron chi connectivity index (χ4n) is 1.45. The number of hydrogen-bond donors (Lipinski definition) is 2. The summed E-state index contributed by atoms with van der Waals surface area (Å²) in [6.07, 6.45) is -0.917. The Hall–Kier alpha value is -1.75. The molecule has 1 rings (SSSR count). The second-order valence-corrected chi connectivity index (χ2v) is 5.95. The summed E-state index contributed by atoms with van der Waals surface area (Å²) in [5.41, 5.74) is 5.69. The molecule has 0 aliphatic rings. The van der Waals surface area contributed by atoms with Crippen LogP contribution in [0.3, 0.4) is 0 Å². The van der Waals surface area contributed by atoms with Crippen molar-refractivity contribution in [3.05, 3.63) is 28.8 Å². The van der Waals surface area contributed by atoms with E-state index in [4.69, 9.17) is 22.1 Å². The Morgan fingerprint density at radius 2 is 1.95 bits per heavy atom. The summed E-state index contributed by atoms with van der Waals surface area (Å²) in [6.45, 7) is 7.02. The lowest BCUT2D eigenvalue weighted by molar-refractivity contribution is -0.130. The van der Waals surface area contributed by atoms with E-state index >= 15 is 0 Å². The Balaban J connectivity index is 2.75. The fraction of sp³-hybridized carbons (Fsp3) is 0.429. The van der Waals surface area contributed by atoms with Gasteiger partial charge < -0.3 is 15.8 Å². The lowest BCUT2D eigenvalue weighted by Crippen LogP contribution is -2.46. The first-order valence-corrected chi connectivity index (χ1v) is 6.56. The zero-order valence-electron chi connectivity index (χ0n) is 12.0. The Morgan fingerprint density at radius 3 is 2.50 bits per heavy atom. The van der Waals surface area contributed by atoms with Crippen LogP contribution in [0.2, 0.25) is 5.02 Å². The number of nitrogen functional groups attached to an aromatic ring is 1. The van der Waals surface area contributed by atoms with Crippen LogP contribution in [-0.2, 0) is 9.53 Å². The van der Waals surface area contributed by atoms with Gasteiger partial charge in [-0.15, -0.1) is 0 Å². The molecule has 110 valence electrons. The van der Waals surface area contributed by atoms with Gasteiger partial charge in [-0.3, -0.25) is 4.79 Å². The largest absolute Gasteiger partial charge is 0.449 e. The average Bonchev–Trinajstić information content (AvgIpc) is 2.29. The first-order chi connectivity index (χ1) is 9.10. The van der Waals surface area contributed by atoms with Gasteiger partial charge in [0.2, 0.25) is 0 Å². The van der Waals surface area contributed by atoms with Crippen molar-refractivity contribution in [1.29, 1.82) is 0 Å². The molecule has 1 unspecified atom stereocenters. The minimum atomic E-state index is -0.917. The number of esters is 1. The normalized spacial score (nSPS) is 12.7. The highest BCUT2D eigenvalue weighted by Crippen LogP contribution is 2.19. The molecule has 1 amide bonds. The zero-order chi connectivity index (χ0) is 15.5. The molecule has 6 heteroatoms. The van der Waals surface area contributed by atoms with Crippen molar-refractivity contribution >= 4 is 29.2 Å². The van der Waals surface area contributed by atoms with E-state index in [0.717, 1.165) is 0 Å². The molecule has 0 aliphatic heterocycles. The van der Waals surface area contributed by atoms with E-state index in [1.165, 1.54) is 19.1 Å². The van der Waals surface area contributed by atoms with Crippen molar-refractivity contribution in [1.82, 2.24) is 5.32 Å². The number of ether oxygens (including phenoxy) is 1. The number of hydrogen-bond acceptors (Lipinski definition) is 4. The third kappa shape index (κ3) is 4.74. The van der Waals surface area contributed by atoms with Crippen LogP contribution >= 0.6 is 11.6 Å². The van der Waals surface area contributed by atoms with Gasteiger partial charge in [0.05, 0.1) is 5.56 Å². The number of benzene rings is 1. The lowest BCUT2D eigenvalue weighted by Gasteiger charge is -2.23. The van der Waals surface area contributed by atoms with Crippen molar-refractivity contribution in [2.45, 2.75) is 39.3 Å². The molecule has 0 saturated heterocycles. The minimum absolute atomic E-state index is 0.146. The summed E-state index contributed by atoms with van der Waals surface area (Å²) < 4.78 is 5.09. The smallest absolute Gasteiger partial charge is 0.341 e. The van der Waals surface area contributed by atoms with Gasteiger partial charge in [-0.25, -0.2) is 4.79 Å². The molecule has 1 aromatic carbocycles. The topological polar surface area (TPSA) is 81.4 Å². The molecule has 20 heavy (non-hydrogen) atoms. The van der Waals surface area contributed by atoms with E-state index in [0.29, 0.717) is 5.02 Å². The van der Waals surface area contributed by atoms with E-state index in [2.05, 4.69) is 5.32 Å². The third-order valence-corrected chi connectivity index (χ3v) is 2.62. The van der Waals surface area contributed by atoms with Crippen molar-refractivity contribution in [2.24, 2.45) is 0 Å². The molecule has 3 N–H and O–H groups in total. The van der Waals surface area contributed by atoms with E-state index in [-0.39, 0.29) is 17.2 Å². The maximum atomic E-state index is 12.0. The monoisotopic (exact) mass is 298 g/mol. The minimum Gasteiger partial charge on any atom is -0.449 e. The van der Waals surface area contributed by atoms with Crippen LogP contribution in [0.25, 0.3) is 0 Å². The molecule has 0 aliphatic carbocycles. The Bertz CT molecular complexity index is 524. The quantitative estimate of drug-likeness (QED) is 0.663. The highest BCUT2D eigenvalue weighted by Gasteiger charge is 2.23. The number of anilines is 1. The van der Waals surface area contributed by atoms with Gasteiger partial charge in [-0.2, -0.15) is 0 Å². The van der Waals surface area contributed by atoms with E-state index < -0.39 is 17.6 Å². The summed E-state index contributed by atoms with van der Waals surface area (Å²) in [4.78, 5) is 23.8. The fourth-order valence-corrected chi connectivity index (χ4v) is 1.63. The first-order valence-electron chi connectivity index (χ1n) is 6.18. The molecular weight excluding hydrogens is 280 g/mol. The van der Waals surface area contributed by atoms with Crippen LogP contribution in [-0.4, -0.2) is 23.5 Å². The molecule has 0 spiro atoms. The summed E-state index contributed by atoms with van der Waals surface area (Å²) in [6, 6.07) is 4.50. The van der Waals surface area contributed by atoms with Gasteiger partial charge in [-0.05, 0) is 45.9 Å². The molecule has 0 aromatic heterocycles. The highest BCUT2D eigenvalue weighted by molar-refractivity contribution is 6.31. The van der Waals surface area contributed by atoms with Crippen LogP contribution in [0.1, 0.15) is 38.1 Å². The number of nitrogens with two attached hydrogens (primary N) is 1. The standard InChI is InChI=1S/C14H19ClN2O3/c1-8(12(18)17-14(2,3)4)20-13(19)10-7-9(15)5-6-11(10)16/h5-8H,16H2,1-4H3,(H,17,18). The maximum absolute atomic E-state index is 12.0. The molecule has 0 bridgehead atoms. The lowest BCUT2D eigenvalue weighted by atomic mass is 10.1. The van der Waals surface area contributed by atoms with Crippen molar-refractivity contribution in [2.75, 3.05) is 5.73 Å². The van der Waals surface area contributed by atoms with Crippen LogP contribution in [0.5, 0.6) is 0 Å². The van der Waals surface area contributed by atoms with Crippen LogP contribution in [0, 0.1) is 0 Å². The number of rotatable bonds is 3. The zero-order valence-corrected chi connectivity index (χ0v) is 12.7. The first kappa shape index (κ1) is 16.3. The second-order valence-electron chi connectivity index (χ2n) is 5.52. The molecule has 0 saturated carbocycles. The third-order valence-electron chi connectivity index (χ3n) is 2.39. The summed E-state index contributed by atoms with van der Waals surface area (Å²) >= 11 is 5.80. The number of nitrogens with one attached hydrogen (secondary N) is 1. The van der Waals surface area contributed by atoms with Crippen molar-refractivity contribution < 1.29 is 14.3 Å². The van der Waals surface area contributed by atoms with Gasteiger partial charge in [0.25, 0.3) is 5.91 Å². The van der Waals surface area contributed by atoms with Gasteiger partial charge in [-0.1, -0.05) is 11.6 Å². The maximum Gasteiger partial charge on any atom is 0.341 e. The summed E-state index contributed by atoms with van der Waals surface area (Å²) in [5, 5.41) is 3.10. The Kier molecular flexibility index (Phi) is 5.00. The number of carbonyl (C=O) groups excluding carboxylic acids is 2.